The van der Waals surface area contributed by atoms with Gasteiger partial charge in [-0.3, -0.25) is 9.69 Å². The molecule has 1 saturated carbocycles. The van der Waals surface area contributed by atoms with Gasteiger partial charge in [0.2, 0.25) is 0 Å². The summed E-state index contributed by atoms with van der Waals surface area (Å²) in [7, 11) is 0. The maximum Gasteiger partial charge on any atom is 0.252 e. The second-order valence-electron chi connectivity index (χ2n) is 10.6. The summed E-state index contributed by atoms with van der Waals surface area (Å²) in [4.78, 5) is 18.8. The van der Waals surface area contributed by atoms with Gasteiger partial charge in [0.1, 0.15) is 0 Å². The van der Waals surface area contributed by atoms with Crippen LogP contribution in [-0.4, -0.2) is 36.6 Å². The fourth-order valence-electron chi connectivity index (χ4n) is 5.92. The molecule has 194 valence electrons. The van der Waals surface area contributed by atoms with Crippen molar-refractivity contribution in [2.24, 2.45) is 0 Å². The highest BCUT2D eigenvalue weighted by molar-refractivity contribution is 5.83. The van der Waals surface area contributed by atoms with Crippen molar-refractivity contribution in [3.8, 4) is 0 Å². The van der Waals surface area contributed by atoms with Crippen LogP contribution in [-0.2, 0) is 13.0 Å². The zero-order chi connectivity index (χ0) is 25.8. The van der Waals surface area contributed by atoms with Gasteiger partial charge in [-0.25, -0.2) is 4.68 Å². The number of tetrazole rings is 1. The molecule has 1 atom stereocenters. The molecule has 0 amide bonds. The third-order valence-electron chi connectivity index (χ3n) is 7.86. The van der Waals surface area contributed by atoms with Crippen LogP contribution in [0.4, 0.5) is 0 Å². The Balaban J connectivity index is 1.50. The third-order valence-corrected chi connectivity index (χ3v) is 7.86. The Morgan fingerprint density at radius 2 is 1.86 bits per heavy atom. The maximum atomic E-state index is 13.2. The van der Waals surface area contributed by atoms with Crippen molar-refractivity contribution in [3.05, 3.63) is 87.0 Å². The lowest BCUT2D eigenvalue weighted by Gasteiger charge is -2.32. The number of hydrogen-bond acceptors (Lipinski definition) is 5. The van der Waals surface area contributed by atoms with Gasteiger partial charge < -0.3 is 4.98 Å². The van der Waals surface area contributed by atoms with Crippen LogP contribution in [0.3, 0.4) is 0 Å². The predicted molar refractivity (Wildman–Crippen MR) is 148 cm³/mol. The van der Waals surface area contributed by atoms with Crippen molar-refractivity contribution in [2.45, 2.75) is 84.3 Å². The molecule has 1 unspecified atom stereocenters. The van der Waals surface area contributed by atoms with Crippen molar-refractivity contribution >= 4 is 10.9 Å². The summed E-state index contributed by atoms with van der Waals surface area (Å²) in [6, 6.07) is 17.2. The number of H-pyrrole nitrogens is 1. The zero-order valence-electron chi connectivity index (χ0n) is 22.3. The summed E-state index contributed by atoms with van der Waals surface area (Å²) < 4.78 is 2.08. The van der Waals surface area contributed by atoms with E-state index in [9.17, 15) is 4.79 Å². The Hall–Kier alpha value is -3.32. The molecule has 1 N–H and O–H groups in total. The summed E-state index contributed by atoms with van der Waals surface area (Å²) in [5.74, 6) is 0.923. The van der Waals surface area contributed by atoms with Crippen molar-refractivity contribution in [1.82, 2.24) is 30.1 Å². The number of rotatable bonds is 9. The number of hydrogen-bond donors (Lipinski definition) is 1. The van der Waals surface area contributed by atoms with E-state index in [0.29, 0.717) is 12.6 Å². The van der Waals surface area contributed by atoms with E-state index in [1.54, 1.807) is 0 Å². The van der Waals surface area contributed by atoms with Gasteiger partial charge in [-0.2, -0.15) is 0 Å². The highest BCUT2D eigenvalue weighted by Crippen LogP contribution is 2.32. The Bertz CT molecular complexity index is 1390. The van der Waals surface area contributed by atoms with Crippen LogP contribution in [0.2, 0.25) is 0 Å². The average Bonchev–Trinajstić information content (AvgIpc) is 3.39. The molecule has 1 fully saturated rings. The van der Waals surface area contributed by atoms with E-state index in [-0.39, 0.29) is 11.6 Å². The minimum Gasteiger partial charge on any atom is -0.322 e. The molecule has 0 spiro atoms. The monoisotopic (exact) mass is 498 g/mol. The molecular formula is C30H38N6O. The van der Waals surface area contributed by atoms with Gasteiger partial charge in [-0.1, -0.05) is 62.6 Å². The standard InChI is InChI=1S/C30H38N6O/c1-4-28(29-32-33-34-36(29)25-13-9-6-10-14-25)35(16-15-23-11-7-5-8-12-23)20-24-19-26-22(3)17-21(2)18-27(26)31-30(24)37/h5,7-8,11-12,17-19,25,28H,4,6,9-10,13-16,20H2,1-3H3,(H,31,37). The maximum absolute atomic E-state index is 13.2. The largest absolute Gasteiger partial charge is 0.322 e. The van der Waals surface area contributed by atoms with Gasteiger partial charge in [-0.15, -0.1) is 5.10 Å². The minimum absolute atomic E-state index is 0.0230. The Morgan fingerprint density at radius 3 is 2.62 bits per heavy atom. The second-order valence-corrected chi connectivity index (χ2v) is 10.6. The molecule has 0 radical (unpaired) electrons. The molecule has 37 heavy (non-hydrogen) atoms. The number of nitrogens with zero attached hydrogens (tertiary/aromatic N) is 5. The second kappa shape index (κ2) is 11.4. The van der Waals surface area contributed by atoms with Crippen LogP contribution in [0.5, 0.6) is 0 Å². The molecule has 2 aromatic heterocycles. The number of pyridine rings is 1. The minimum atomic E-state index is -0.0241. The van der Waals surface area contributed by atoms with Gasteiger partial charge in [0, 0.05) is 29.6 Å². The lowest BCUT2D eigenvalue weighted by molar-refractivity contribution is 0.165. The summed E-state index contributed by atoms with van der Waals surface area (Å²) >= 11 is 0. The van der Waals surface area contributed by atoms with E-state index >= 15 is 0 Å². The van der Waals surface area contributed by atoms with Gasteiger partial charge in [0.15, 0.2) is 5.82 Å². The number of fused-ring (bicyclic) bond motifs is 1. The van der Waals surface area contributed by atoms with Crippen molar-refractivity contribution < 1.29 is 0 Å². The summed E-state index contributed by atoms with van der Waals surface area (Å²) in [5, 5.41) is 14.2. The zero-order valence-corrected chi connectivity index (χ0v) is 22.3. The predicted octanol–water partition coefficient (Wildman–Crippen LogP) is 5.83. The molecular weight excluding hydrogens is 460 g/mol. The molecule has 0 bridgehead atoms. The number of nitrogens with one attached hydrogen (secondary N) is 1. The van der Waals surface area contributed by atoms with Crippen LogP contribution < -0.4 is 5.56 Å². The number of benzene rings is 2. The quantitative estimate of drug-likeness (QED) is 0.314. The van der Waals surface area contributed by atoms with Gasteiger partial charge in [-0.05, 0) is 78.8 Å². The Labute approximate surface area is 218 Å². The molecule has 1 aliphatic carbocycles. The Morgan fingerprint density at radius 1 is 1.08 bits per heavy atom. The number of aromatic nitrogens is 5. The molecule has 5 rings (SSSR count). The molecule has 1 aliphatic rings. The van der Waals surface area contributed by atoms with E-state index in [4.69, 9.17) is 0 Å². The fraction of sp³-hybridized carbons (Fsp3) is 0.467. The normalized spacial score (nSPS) is 15.5. The molecule has 7 heteroatoms. The Kier molecular flexibility index (Phi) is 7.79. The van der Waals surface area contributed by atoms with Crippen molar-refractivity contribution in [2.75, 3.05) is 6.54 Å². The molecule has 4 aromatic rings. The van der Waals surface area contributed by atoms with E-state index in [2.05, 4.69) is 87.3 Å². The van der Waals surface area contributed by atoms with Gasteiger partial charge in [0.05, 0.1) is 12.1 Å². The van der Waals surface area contributed by atoms with Crippen LogP contribution in [0.15, 0.2) is 53.3 Å². The molecule has 0 saturated heterocycles. The van der Waals surface area contributed by atoms with Crippen LogP contribution in [0.1, 0.15) is 85.6 Å². The number of aryl methyl sites for hydroxylation is 2. The lowest BCUT2D eigenvalue weighted by Crippen LogP contribution is -2.35. The molecule has 2 aromatic carbocycles. The van der Waals surface area contributed by atoms with Crippen molar-refractivity contribution in [3.63, 3.8) is 0 Å². The van der Waals surface area contributed by atoms with Crippen LogP contribution in [0, 0.1) is 13.8 Å². The molecule has 2 heterocycles. The van der Waals surface area contributed by atoms with Crippen LogP contribution in [0.25, 0.3) is 10.9 Å². The molecule has 7 nitrogen and oxygen atoms in total. The highest BCUT2D eigenvalue weighted by Gasteiger charge is 2.29. The lowest BCUT2D eigenvalue weighted by atomic mass is 9.95. The first kappa shape index (κ1) is 25.3. The average molecular weight is 499 g/mol. The van der Waals surface area contributed by atoms with E-state index in [0.717, 1.165) is 60.1 Å². The summed E-state index contributed by atoms with van der Waals surface area (Å²) in [6.07, 6.45) is 7.76. The number of aromatic amines is 1. The van der Waals surface area contributed by atoms with Crippen LogP contribution >= 0.6 is 0 Å². The smallest absolute Gasteiger partial charge is 0.252 e. The SMILES string of the molecule is CCC(c1nnnn1C1CCCCC1)N(CCc1ccccc1)Cc1cc2c(C)cc(C)cc2[nH]c1=O. The first-order valence-electron chi connectivity index (χ1n) is 13.7. The van der Waals surface area contributed by atoms with Gasteiger partial charge in [0.25, 0.3) is 5.56 Å². The van der Waals surface area contributed by atoms with Crippen molar-refractivity contribution in [1.29, 1.82) is 0 Å². The summed E-state index contributed by atoms with van der Waals surface area (Å²) in [5.41, 5.74) is 5.27. The van der Waals surface area contributed by atoms with Gasteiger partial charge >= 0.3 is 0 Å². The fourth-order valence-corrected chi connectivity index (χ4v) is 5.92. The van der Waals surface area contributed by atoms with E-state index in [1.165, 1.54) is 30.4 Å². The summed E-state index contributed by atoms with van der Waals surface area (Å²) in [6.45, 7) is 7.72. The highest BCUT2D eigenvalue weighted by atomic mass is 16.1. The third kappa shape index (κ3) is 5.67. The first-order valence-corrected chi connectivity index (χ1v) is 13.7. The molecule has 0 aliphatic heterocycles. The van der Waals surface area contributed by atoms with E-state index in [1.807, 2.05) is 12.1 Å². The topological polar surface area (TPSA) is 79.7 Å². The van der Waals surface area contributed by atoms with E-state index < -0.39 is 0 Å². The first-order chi connectivity index (χ1) is 18.0.